The van der Waals surface area contributed by atoms with Crippen LogP contribution in [0.3, 0.4) is 0 Å². The molecule has 6 unspecified atom stereocenters. The Hall–Kier alpha value is 17.7. The van der Waals surface area contributed by atoms with E-state index in [0.29, 0.717) is 0 Å². The SMILES string of the molecule is CC[C-]=CCC[C-]=CCCC1(C)C(CO)C1C(=O)O.CC[C-]=CCC[C-]=CCCC1(C)C(OC)C1C(=O)O.[Y].[Y].[Y].[Y].[Y].[Y].[Y].[Y].[Y].[Y].[Y].[Y].[Y].[Y].[Y].[Y].[Y].[Y]. The molecule has 0 spiro atoms. The Morgan fingerprint density at radius 1 is 0.536 bits per heavy atom. The molecule has 2 aliphatic carbocycles. The Kier molecular flexibility index (Phi) is 183. The quantitative estimate of drug-likeness (QED) is 0.109. The summed E-state index contributed by atoms with van der Waals surface area (Å²) in [5.74, 6) is -2.35. The molecule has 2 aliphatic rings. The molecule has 0 aromatic heterocycles. The molecule has 2 saturated carbocycles. The van der Waals surface area contributed by atoms with E-state index in [-0.39, 0.29) is 630 Å². The number of allylic oxidation sites excluding steroid dienone is 8. The van der Waals surface area contributed by atoms with Crippen LogP contribution in [0.4, 0.5) is 0 Å². The first-order valence-electron chi connectivity index (χ1n) is 13.9. The molecule has 2 fully saturated rings. The van der Waals surface area contributed by atoms with Crippen molar-refractivity contribution >= 4 is 11.9 Å². The summed E-state index contributed by atoms with van der Waals surface area (Å²) in [6.07, 6.45) is 29.6. The third kappa shape index (κ3) is 56.4. The fourth-order valence-corrected chi connectivity index (χ4v) is 5.38. The number of hydrogen-bond acceptors (Lipinski definition) is 4. The Bertz CT molecular complexity index is 811. The summed E-state index contributed by atoms with van der Waals surface area (Å²) in [5, 5.41) is 27.3. The van der Waals surface area contributed by atoms with Gasteiger partial charge in [-0.25, -0.2) is 0 Å². The fraction of sp³-hybridized carbons (Fsp3) is 0.688. The van der Waals surface area contributed by atoms with E-state index < -0.39 is 11.9 Å². The number of aliphatic hydroxyl groups excluding tert-OH is 1. The second kappa shape index (κ2) is 81.5. The molecule has 3 N–H and O–H groups in total. The number of methoxy groups -OCH3 is 1. The van der Waals surface area contributed by atoms with Gasteiger partial charge >= 0.3 is 11.9 Å². The molecule has 0 saturated heterocycles. The average molecular weight is 2130 g/mol. The number of ether oxygens (including phenoxy) is 1. The first-order chi connectivity index (χ1) is 18.1. The molecule has 6 atom stereocenters. The van der Waals surface area contributed by atoms with Crippen LogP contribution in [0.2, 0.25) is 0 Å². The average Bonchev–Trinajstić information content (AvgIpc) is 3.71. The summed E-state index contributed by atoms with van der Waals surface area (Å²) in [5.41, 5.74) is -0.455. The van der Waals surface area contributed by atoms with Crippen LogP contribution in [0.1, 0.15) is 91.9 Å². The predicted molar refractivity (Wildman–Crippen MR) is 149 cm³/mol. The van der Waals surface area contributed by atoms with E-state index in [1.807, 2.05) is 38.2 Å². The first-order valence-corrected chi connectivity index (χ1v) is 13.9. The minimum absolute atomic E-state index is 0. The van der Waals surface area contributed by atoms with Crippen LogP contribution >= 0.6 is 0 Å². The van der Waals surface area contributed by atoms with E-state index in [0.717, 1.165) is 64.2 Å². The first kappa shape index (κ1) is 126. The summed E-state index contributed by atoms with van der Waals surface area (Å²) in [6.45, 7) is 8.05. The predicted octanol–water partition coefficient (Wildman–Crippen LogP) is 6.37. The van der Waals surface area contributed by atoms with Gasteiger partial charge in [-0.15, -0.1) is 0 Å². The van der Waals surface area contributed by atoms with Crippen LogP contribution in [0, 0.1) is 52.9 Å². The Balaban J connectivity index is -0.0000000244. The van der Waals surface area contributed by atoms with E-state index >= 15 is 0 Å². The van der Waals surface area contributed by atoms with Crippen molar-refractivity contribution in [2.45, 2.75) is 98.0 Å². The summed E-state index contributed by atoms with van der Waals surface area (Å²) < 4.78 is 5.24. The number of hydrogen-bond donors (Lipinski definition) is 3. The van der Waals surface area contributed by atoms with E-state index in [4.69, 9.17) is 14.9 Å². The molecule has 0 aromatic rings. The van der Waals surface area contributed by atoms with Gasteiger partial charge < -0.3 is 44.4 Å². The molecule has 2 rings (SSSR count). The number of unbranched alkanes of at least 4 members (excludes halogenated alkanes) is 2. The number of carboxylic acid groups (broad SMARTS) is 2. The summed E-state index contributed by atoms with van der Waals surface area (Å²) >= 11 is 0. The molecule has 0 heterocycles. The van der Waals surface area contributed by atoms with E-state index in [9.17, 15) is 14.7 Å². The summed E-state index contributed by atoms with van der Waals surface area (Å²) in [6, 6.07) is 0. The topological polar surface area (TPSA) is 104 Å². The van der Waals surface area contributed by atoms with Crippen molar-refractivity contribution in [2.24, 2.45) is 28.6 Å². The van der Waals surface area contributed by atoms with Crippen molar-refractivity contribution in [1.29, 1.82) is 0 Å². The molecule has 0 aromatic carbocycles. The zero-order chi connectivity index (χ0) is 28.6. The monoisotopic (exact) mass is 2130 g/mol. The van der Waals surface area contributed by atoms with Crippen LogP contribution in [0.15, 0.2) is 24.3 Å². The molecule has 0 amide bonds. The second-order valence-corrected chi connectivity index (χ2v) is 10.6. The maximum atomic E-state index is 11.1. The van der Waals surface area contributed by atoms with E-state index in [1.165, 1.54) is 0 Å². The normalized spacial score (nSPS) is 20.5. The molecule has 0 aliphatic heterocycles. The van der Waals surface area contributed by atoms with E-state index in [2.05, 4.69) is 38.2 Å². The zero-order valence-electron chi connectivity index (χ0n) is 34.4. The van der Waals surface area contributed by atoms with Gasteiger partial charge in [0.05, 0.1) is 17.9 Å². The van der Waals surface area contributed by atoms with Gasteiger partial charge in [0.15, 0.2) is 0 Å². The third-order valence-corrected chi connectivity index (χ3v) is 7.89. The number of rotatable bonds is 18. The van der Waals surface area contributed by atoms with Crippen molar-refractivity contribution in [3.05, 3.63) is 48.6 Å². The van der Waals surface area contributed by atoms with Gasteiger partial charge in [0, 0.05) is 614 Å². The molecule has 6 nitrogen and oxygen atoms in total. The van der Waals surface area contributed by atoms with Crippen LogP contribution in [0.5, 0.6) is 0 Å². The van der Waals surface area contributed by atoms with Gasteiger partial charge in [0.2, 0.25) is 0 Å². The number of carbonyl (C=O) groups is 2. The fourth-order valence-electron chi connectivity index (χ4n) is 5.38. The Labute approximate surface area is 795 Å². The number of carboxylic acids is 2. The van der Waals surface area contributed by atoms with Crippen molar-refractivity contribution in [3.63, 3.8) is 0 Å². The number of aliphatic hydroxyl groups is 1. The van der Waals surface area contributed by atoms with Crippen LogP contribution < -0.4 is 0 Å². The van der Waals surface area contributed by atoms with Crippen LogP contribution in [-0.2, 0) is 603 Å². The molecule has 56 heavy (non-hydrogen) atoms. The van der Waals surface area contributed by atoms with Crippen molar-refractivity contribution in [1.82, 2.24) is 0 Å². The van der Waals surface area contributed by atoms with Crippen molar-refractivity contribution in [3.8, 4) is 0 Å². The zero-order valence-corrected chi connectivity index (χ0v) is 85.4. The third-order valence-electron chi connectivity index (χ3n) is 7.89. The Morgan fingerprint density at radius 3 is 1.07 bits per heavy atom. The standard InChI is InChI=1S/2C16H24O3.18Y/c1-4-5-6-7-8-9-10-11-12-16(2)13(15(17)18)14(16)19-3;1-3-4-5-6-7-8-9-10-11-16(2)13(12-17)14(16)15(18)19;;;;;;;;;;;;;;;;;;/h6,10,13-14H,4,7-8,11-12H2,1-3H3,(H,17,18);5,9,13-14,17H,3,6-7,10-12H2,1-2H3,(H,18,19);;;;;;;;;;;;;;;;;;/q2*-2;;;;;;;;;;;;;;;;;;. The largest absolute Gasteiger partial charge is 0.501 e. The molecule has 18 radical (unpaired) electrons. The van der Waals surface area contributed by atoms with Gasteiger partial charge in [0.25, 0.3) is 0 Å². The maximum Gasteiger partial charge on any atom is 0.309 e. The van der Waals surface area contributed by atoms with Crippen LogP contribution in [0.25, 0.3) is 0 Å². The molecular weight excluding hydrogens is 2080 g/mol. The van der Waals surface area contributed by atoms with Gasteiger partial charge in [-0.2, -0.15) is 25.7 Å². The Morgan fingerprint density at radius 2 is 0.839 bits per heavy atom. The maximum absolute atomic E-state index is 11.1. The minimum atomic E-state index is -0.783. The smallest absolute Gasteiger partial charge is 0.309 e. The van der Waals surface area contributed by atoms with E-state index in [1.54, 1.807) is 7.11 Å². The minimum Gasteiger partial charge on any atom is -0.501 e. The van der Waals surface area contributed by atoms with Gasteiger partial charge in [-0.3, -0.25) is 33.9 Å². The summed E-state index contributed by atoms with van der Waals surface area (Å²) in [4.78, 5) is 22.1. The van der Waals surface area contributed by atoms with Gasteiger partial charge in [0.1, 0.15) is 0 Å². The summed E-state index contributed by atoms with van der Waals surface area (Å²) in [7, 11) is 1.59. The molecule has 270 valence electrons. The second-order valence-electron chi connectivity index (χ2n) is 10.6. The molecular formula is C32H48O6Y18-4. The van der Waals surface area contributed by atoms with Gasteiger partial charge in [-0.05, 0) is 18.3 Å². The molecule has 0 bridgehead atoms. The van der Waals surface area contributed by atoms with Crippen molar-refractivity contribution in [2.75, 3.05) is 13.7 Å². The van der Waals surface area contributed by atoms with Crippen LogP contribution in [-0.4, -0.2) is 47.1 Å². The van der Waals surface area contributed by atoms with Crippen molar-refractivity contribution < 1.29 is 618 Å². The number of aliphatic carboxylic acids is 2. The molecule has 24 heteroatoms. The van der Waals surface area contributed by atoms with Gasteiger partial charge in [-0.1, -0.05) is 53.4 Å².